The number of hydrogen-bond acceptors (Lipinski definition) is 3. The molecule has 0 saturated carbocycles. The molecule has 4 heteroatoms. The van der Waals surface area contributed by atoms with E-state index >= 15 is 0 Å². The van der Waals surface area contributed by atoms with Crippen LogP contribution in [-0.2, 0) is 4.79 Å². The van der Waals surface area contributed by atoms with E-state index in [2.05, 4.69) is 45.9 Å². The number of carbonyl (C=O) groups is 1. The predicted molar refractivity (Wildman–Crippen MR) is 93.3 cm³/mol. The van der Waals surface area contributed by atoms with Crippen molar-refractivity contribution in [3.05, 3.63) is 35.9 Å². The van der Waals surface area contributed by atoms with Crippen molar-refractivity contribution in [1.29, 1.82) is 0 Å². The molecule has 2 atom stereocenters. The summed E-state index contributed by atoms with van der Waals surface area (Å²) in [5.74, 6) is 0.150. The average molecular weight is 315 g/mol. The Balaban J connectivity index is 1.65. The van der Waals surface area contributed by atoms with E-state index in [0.29, 0.717) is 6.54 Å². The van der Waals surface area contributed by atoms with Crippen LogP contribution in [0.4, 0.5) is 0 Å². The van der Waals surface area contributed by atoms with Crippen molar-refractivity contribution in [3.8, 4) is 0 Å². The van der Waals surface area contributed by atoms with Crippen LogP contribution in [-0.4, -0.2) is 42.5 Å². The molecule has 0 aromatic heterocycles. The van der Waals surface area contributed by atoms with Crippen molar-refractivity contribution in [1.82, 2.24) is 15.5 Å². The molecule has 2 unspecified atom stereocenters. The quantitative estimate of drug-likeness (QED) is 0.877. The zero-order valence-corrected chi connectivity index (χ0v) is 14.2. The van der Waals surface area contributed by atoms with Gasteiger partial charge in [-0.15, -0.1) is 0 Å². The molecule has 2 heterocycles. The molecule has 1 amide bonds. The van der Waals surface area contributed by atoms with Crippen LogP contribution in [0.2, 0.25) is 0 Å². The molecule has 4 nitrogen and oxygen atoms in total. The van der Waals surface area contributed by atoms with E-state index in [-0.39, 0.29) is 11.9 Å². The maximum atomic E-state index is 12.7. The highest BCUT2D eigenvalue weighted by Gasteiger charge is 2.35. The van der Waals surface area contributed by atoms with Gasteiger partial charge in [0.05, 0.1) is 11.6 Å². The van der Waals surface area contributed by atoms with Crippen LogP contribution in [0.3, 0.4) is 0 Å². The second-order valence-corrected chi connectivity index (χ2v) is 7.10. The number of rotatable bonds is 5. The topological polar surface area (TPSA) is 44.4 Å². The van der Waals surface area contributed by atoms with Crippen LogP contribution >= 0.6 is 0 Å². The van der Waals surface area contributed by atoms with Crippen molar-refractivity contribution in [2.75, 3.05) is 26.2 Å². The Labute approximate surface area is 139 Å². The van der Waals surface area contributed by atoms with E-state index < -0.39 is 5.54 Å². The molecular weight excluding hydrogens is 286 g/mol. The Hall–Kier alpha value is -1.39. The van der Waals surface area contributed by atoms with E-state index in [4.69, 9.17) is 0 Å². The second-order valence-electron chi connectivity index (χ2n) is 7.10. The maximum Gasteiger partial charge on any atom is 0.240 e. The normalized spacial score (nSPS) is 26.8. The van der Waals surface area contributed by atoms with Gasteiger partial charge in [0.25, 0.3) is 0 Å². The van der Waals surface area contributed by atoms with Gasteiger partial charge in [-0.2, -0.15) is 0 Å². The Morgan fingerprint density at radius 1 is 1.22 bits per heavy atom. The third-order valence-electron chi connectivity index (χ3n) is 5.34. The molecule has 126 valence electrons. The summed E-state index contributed by atoms with van der Waals surface area (Å²) in [5.41, 5.74) is 0.904. The van der Waals surface area contributed by atoms with Crippen LogP contribution in [0, 0.1) is 0 Å². The van der Waals surface area contributed by atoms with Crippen LogP contribution in [0.1, 0.15) is 50.6 Å². The van der Waals surface area contributed by atoms with Crippen LogP contribution < -0.4 is 10.6 Å². The minimum Gasteiger partial charge on any atom is -0.353 e. The summed E-state index contributed by atoms with van der Waals surface area (Å²) in [4.78, 5) is 15.2. The summed E-state index contributed by atoms with van der Waals surface area (Å²) in [7, 11) is 0. The molecule has 0 spiro atoms. The van der Waals surface area contributed by atoms with Gasteiger partial charge >= 0.3 is 0 Å². The monoisotopic (exact) mass is 315 g/mol. The minimum absolute atomic E-state index is 0.150. The van der Waals surface area contributed by atoms with Crippen LogP contribution in [0.5, 0.6) is 0 Å². The summed E-state index contributed by atoms with van der Waals surface area (Å²) >= 11 is 0. The van der Waals surface area contributed by atoms with Gasteiger partial charge in [0.1, 0.15) is 0 Å². The molecule has 0 aliphatic carbocycles. The lowest BCUT2D eigenvalue weighted by molar-refractivity contribution is -0.128. The Kier molecular flexibility index (Phi) is 5.34. The van der Waals surface area contributed by atoms with Gasteiger partial charge in [0.15, 0.2) is 0 Å². The molecule has 23 heavy (non-hydrogen) atoms. The standard InChI is InChI=1S/C19H29N3O/c1-19(11-5-6-12-21-19)18(23)20-15-17(22-13-7-8-14-22)16-9-3-2-4-10-16/h2-4,9-10,17,21H,5-8,11-15H2,1H3,(H,20,23). The van der Waals surface area contributed by atoms with Gasteiger partial charge in [-0.3, -0.25) is 9.69 Å². The third-order valence-corrected chi connectivity index (χ3v) is 5.34. The molecule has 3 rings (SSSR count). The van der Waals surface area contributed by atoms with E-state index in [1.165, 1.54) is 24.8 Å². The summed E-state index contributed by atoms with van der Waals surface area (Å²) in [5, 5.41) is 6.63. The number of benzene rings is 1. The Bertz CT molecular complexity index is 505. The van der Waals surface area contributed by atoms with Gasteiger partial charge in [0, 0.05) is 6.54 Å². The van der Waals surface area contributed by atoms with Crippen molar-refractivity contribution in [3.63, 3.8) is 0 Å². The number of piperidine rings is 1. The first-order valence-corrected chi connectivity index (χ1v) is 9.01. The lowest BCUT2D eigenvalue weighted by atomic mass is 9.90. The summed E-state index contributed by atoms with van der Waals surface area (Å²) in [6.45, 7) is 5.93. The molecule has 1 aromatic rings. The van der Waals surface area contributed by atoms with Crippen molar-refractivity contribution in [2.45, 2.75) is 50.6 Å². The number of carbonyl (C=O) groups excluding carboxylic acids is 1. The highest BCUT2D eigenvalue weighted by atomic mass is 16.2. The summed E-state index contributed by atoms with van der Waals surface area (Å²) in [6, 6.07) is 10.9. The zero-order chi connectivity index (χ0) is 16.1. The van der Waals surface area contributed by atoms with Crippen LogP contribution in [0.25, 0.3) is 0 Å². The van der Waals surface area contributed by atoms with E-state index in [1.54, 1.807) is 0 Å². The molecule has 2 aliphatic heterocycles. The van der Waals surface area contributed by atoms with E-state index in [0.717, 1.165) is 32.5 Å². The first kappa shape index (κ1) is 16.5. The minimum atomic E-state index is -0.398. The van der Waals surface area contributed by atoms with Gasteiger partial charge in [-0.05, 0) is 64.2 Å². The first-order chi connectivity index (χ1) is 11.2. The Morgan fingerprint density at radius 3 is 2.61 bits per heavy atom. The number of amides is 1. The molecule has 2 N–H and O–H groups in total. The summed E-state index contributed by atoms with van der Waals surface area (Å²) in [6.07, 6.45) is 5.75. The fourth-order valence-corrected chi connectivity index (χ4v) is 3.82. The van der Waals surface area contributed by atoms with Crippen molar-refractivity contribution >= 4 is 5.91 Å². The fraction of sp³-hybridized carbons (Fsp3) is 0.632. The number of hydrogen-bond donors (Lipinski definition) is 2. The molecule has 2 aliphatic rings. The average Bonchev–Trinajstić information content (AvgIpc) is 3.11. The lowest BCUT2D eigenvalue weighted by Crippen LogP contribution is -2.57. The smallest absolute Gasteiger partial charge is 0.240 e. The van der Waals surface area contributed by atoms with Gasteiger partial charge in [-0.25, -0.2) is 0 Å². The van der Waals surface area contributed by atoms with Gasteiger partial charge < -0.3 is 10.6 Å². The SMILES string of the molecule is CC1(C(=O)NCC(c2ccccc2)N2CCCC2)CCCCN1. The zero-order valence-electron chi connectivity index (χ0n) is 14.2. The first-order valence-electron chi connectivity index (χ1n) is 9.01. The largest absolute Gasteiger partial charge is 0.353 e. The molecular formula is C19H29N3O. The lowest BCUT2D eigenvalue weighted by Gasteiger charge is -2.35. The van der Waals surface area contributed by atoms with Gasteiger partial charge in [0.2, 0.25) is 5.91 Å². The van der Waals surface area contributed by atoms with E-state index in [9.17, 15) is 4.79 Å². The second kappa shape index (κ2) is 7.45. The molecule has 1 aromatic carbocycles. The van der Waals surface area contributed by atoms with Crippen molar-refractivity contribution < 1.29 is 4.79 Å². The van der Waals surface area contributed by atoms with Gasteiger partial charge in [-0.1, -0.05) is 30.3 Å². The predicted octanol–water partition coefficient (Wildman–Crippen LogP) is 2.47. The summed E-state index contributed by atoms with van der Waals surface area (Å²) < 4.78 is 0. The highest BCUT2D eigenvalue weighted by molar-refractivity contribution is 5.86. The third kappa shape index (κ3) is 3.93. The molecule has 0 bridgehead atoms. The maximum absolute atomic E-state index is 12.7. The molecule has 0 radical (unpaired) electrons. The molecule has 2 fully saturated rings. The van der Waals surface area contributed by atoms with E-state index in [1.807, 2.05) is 6.92 Å². The number of likely N-dealkylation sites (tertiary alicyclic amines) is 1. The Morgan fingerprint density at radius 2 is 1.96 bits per heavy atom. The highest BCUT2D eigenvalue weighted by Crippen LogP contribution is 2.25. The van der Waals surface area contributed by atoms with Crippen LogP contribution in [0.15, 0.2) is 30.3 Å². The van der Waals surface area contributed by atoms with Crippen molar-refractivity contribution in [2.24, 2.45) is 0 Å². The fourth-order valence-electron chi connectivity index (χ4n) is 3.82. The number of nitrogens with one attached hydrogen (secondary N) is 2. The molecule has 2 saturated heterocycles. The number of nitrogens with zero attached hydrogens (tertiary/aromatic N) is 1.